The van der Waals surface area contributed by atoms with Crippen LogP contribution < -0.4 is 15.3 Å². The summed E-state index contributed by atoms with van der Waals surface area (Å²) >= 11 is 0. The van der Waals surface area contributed by atoms with E-state index in [2.05, 4.69) is 0 Å². The first-order valence-corrected chi connectivity index (χ1v) is 14.8. The molecule has 1 aliphatic rings. The Morgan fingerprint density at radius 3 is 0.875 bits per heavy atom. The Hall–Kier alpha value is -2.28. The molecule has 12 nitrogen and oxygen atoms in total. The molecule has 0 aliphatic carbocycles. The lowest BCUT2D eigenvalue weighted by Gasteiger charge is -2.42. The summed E-state index contributed by atoms with van der Waals surface area (Å²) in [6, 6.07) is -3.51. The highest BCUT2D eigenvalue weighted by molar-refractivity contribution is 5.73. The van der Waals surface area contributed by atoms with Crippen molar-refractivity contribution in [3.8, 4) is 0 Å². The Morgan fingerprint density at radius 1 is 0.500 bits per heavy atom. The minimum absolute atomic E-state index is 0.223. The first-order chi connectivity index (χ1) is 19.0. The van der Waals surface area contributed by atoms with Crippen molar-refractivity contribution in [2.24, 2.45) is 0 Å². The predicted molar refractivity (Wildman–Crippen MR) is 144 cm³/mol. The summed E-state index contributed by atoms with van der Waals surface area (Å²) < 4.78 is 0. The first kappa shape index (κ1) is 35.7. The van der Waals surface area contributed by atoms with E-state index >= 15 is 0 Å². The predicted octanol–water partition coefficient (Wildman–Crippen LogP) is -1.78. The number of carboxylic acid groups (broad SMARTS) is 4. The number of carbonyl (C=O) groups is 4. The highest BCUT2D eigenvalue weighted by Crippen LogP contribution is 2.16. The van der Waals surface area contributed by atoms with E-state index in [1.165, 1.54) is 0 Å². The van der Waals surface area contributed by atoms with Gasteiger partial charge in [-0.3, -0.25) is 24.4 Å². The fourth-order valence-electron chi connectivity index (χ4n) is 5.63. The van der Waals surface area contributed by atoms with E-state index in [0.717, 1.165) is 0 Å². The van der Waals surface area contributed by atoms with Gasteiger partial charge in [-0.25, -0.2) is 0 Å². The zero-order chi connectivity index (χ0) is 30.2. The van der Waals surface area contributed by atoms with Crippen LogP contribution in [0.4, 0.5) is 0 Å². The summed E-state index contributed by atoms with van der Waals surface area (Å²) in [5.41, 5.74) is 0. The van der Waals surface area contributed by atoms with Gasteiger partial charge in [-0.1, -0.05) is 53.4 Å². The molecule has 1 fully saturated rings. The maximum absolute atomic E-state index is 12.2. The molecule has 0 saturated carbocycles. The molecule has 232 valence electrons. The van der Waals surface area contributed by atoms with Crippen LogP contribution >= 0.6 is 0 Å². The minimum Gasteiger partial charge on any atom is -0.548 e. The third-order valence-electron chi connectivity index (χ3n) is 7.81. The van der Waals surface area contributed by atoms with Gasteiger partial charge >= 0.3 is 5.97 Å². The Morgan fingerprint density at radius 2 is 0.700 bits per heavy atom. The van der Waals surface area contributed by atoms with Crippen LogP contribution in [-0.4, -0.2) is 125 Å². The number of aliphatic carboxylic acids is 4. The Labute approximate surface area is 238 Å². The number of nitrogens with zero attached hydrogens (tertiary/aromatic N) is 4. The summed E-state index contributed by atoms with van der Waals surface area (Å²) in [6.07, 6.45) is 3.85. The number of rotatable bonds is 16. The standard InChI is InChI=1S/C28H52N4O8/c1-5-9-21(25(33)34)29-13-15-30(22(10-6-2)26(35)36)17-19-32(24(12-8-4)28(39)40)20-18-31(16-14-29)23(11-7-3)27(37)38/h21-24H,5-20H2,1-4H3,(H,33,34)(H,35,36)(H,37,38)(H,39,40)/p-3/t21-,22-,23-,24-/m0/s1. The van der Waals surface area contributed by atoms with Gasteiger partial charge in [0.25, 0.3) is 0 Å². The molecule has 0 bridgehead atoms. The maximum atomic E-state index is 12.2. The van der Waals surface area contributed by atoms with E-state index in [0.29, 0.717) is 51.4 Å². The lowest BCUT2D eigenvalue weighted by atomic mass is 10.1. The molecule has 0 radical (unpaired) electrons. The average Bonchev–Trinajstić information content (AvgIpc) is 2.88. The van der Waals surface area contributed by atoms with E-state index in [1.807, 2.05) is 27.7 Å². The molecular weight excluding hydrogens is 520 g/mol. The third-order valence-corrected chi connectivity index (χ3v) is 7.81. The number of carbonyl (C=O) groups excluding carboxylic acids is 3. The van der Waals surface area contributed by atoms with Gasteiger partial charge in [-0.2, -0.15) is 0 Å². The largest absolute Gasteiger partial charge is 0.548 e. The van der Waals surface area contributed by atoms with Crippen LogP contribution in [0.2, 0.25) is 0 Å². The second kappa shape index (κ2) is 19.0. The number of hydrogen-bond acceptors (Lipinski definition) is 11. The van der Waals surface area contributed by atoms with Crippen LogP contribution in [0.3, 0.4) is 0 Å². The molecule has 1 aliphatic heterocycles. The average molecular weight is 570 g/mol. The number of carboxylic acids is 4. The molecule has 0 aromatic carbocycles. The van der Waals surface area contributed by atoms with Crippen molar-refractivity contribution in [2.45, 2.75) is 103 Å². The summed E-state index contributed by atoms with van der Waals surface area (Å²) in [4.78, 5) is 55.6. The molecule has 40 heavy (non-hydrogen) atoms. The second-order valence-corrected chi connectivity index (χ2v) is 10.7. The van der Waals surface area contributed by atoms with Crippen LogP contribution in [0.5, 0.6) is 0 Å². The van der Waals surface area contributed by atoms with E-state index in [-0.39, 0.29) is 52.4 Å². The zero-order valence-electron chi connectivity index (χ0n) is 24.7. The minimum atomic E-state index is -1.22. The van der Waals surface area contributed by atoms with Gasteiger partial charge in [-0.05, 0) is 25.7 Å². The normalized spacial score (nSPS) is 20.5. The van der Waals surface area contributed by atoms with Crippen LogP contribution in [0.25, 0.3) is 0 Å². The monoisotopic (exact) mass is 569 g/mol. The van der Waals surface area contributed by atoms with E-state index in [1.54, 1.807) is 19.6 Å². The summed E-state index contributed by atoms with van der Waals surface area (Å²) in [7, 11) is 0. The summed E-state index contributed by atoms with van der Waals surface area (Å²) in [5.74, 6) is -4.65. The quantitative estimate of drug-likeness (QED) is 0.222. The van der Waals surface area contributed by atoms with E-state index in [9.17, 15) is 39.6 Å². The van der Waals surface area contributed by atoms with Gasteiger partial charge in [0.15, 0.2) is 0 Å². The van der Waals surface area contributed by atoms with Crippen molar-refractivity contribution in [3.63, 3.8) is 0 Å². The van der Waals surface area contributed by atoms with Crippen LogP contribution in [0.15, 0.2) is 0 Å². The van der Waals surface area contributed by atoms with E-state index < -0.39 is 48.0 Å². The fraction of sp³-hybridized carbons (Fsp3) is 0.857. The highest BCUT2D eigenvalue weighted by atomic mass is 16.4. The molecule has 0 spiro atoms. The second-order valence-electron chi connectivity index (χ2n) is 10.7. The van der Waals surface area contributed by atoms with Crippen molar-refractivity contribution < 1.29 is 39.6 Å². The van der Waals surface area contributed by atoms with Crippen LogP contribution in [0.1, 0.15) is 79.1 Å². The SMILES string of the molecule is CCC[C@@H](C(=O)[O-])N1CCN([C@@H](CCC)C(=O)[O-])CCN([C@@H](CCC)C(=O)O)CCN([C@@H](CCC)C(=O)[O-])CC1. The molecule has 1 rings (SSSR count). The van der Waals surface area contributed by atoms with Gasteiger partial charge in [0.1, 0.15) is 6.04 Å². The topological polar surface area (TPSA) is 171 Å². The van der Waals surface area contributed by atoms with Crippen molar-refractivity contribution in [3.05, 3.63) is 0 Å². The maximum Gasteiger partial charge on any atom is 0.320 e. The molecule has 12 heteroatoms. The van der Waals surface area contributed by atoms with Crippen molar-refractivity contribution in [2.75, 3.05) is 52.4 Å². The summed E-state index contributed by atoms with van der Waals surface area (Å²) in [6.45, 7) is 9.39. The van der Waals surface area contributed by atoms with Gasteiger partial charge in [-0.15, -0.1) is 0 Å². The van der Waals surface area contributed by atoms with Crippen molar-refractivity contribution in [1.82, 2.24) is 19.6 Å². The Kier molecular flexibility index (Phi) is 16.9. The third kappa shape index (κ3) is 11.3. The Bertz CT molecular complexity index is 654. The molecule has 0 unspecified atom stereocenters. The first-order valence-electron chi connectivity index (χ1n) is 14.8. The Balaban J connectivity index is 3.52. The van der Waals surface area contributed by atoms with Gasteiger partial charge in [0, 0.05) is 70.5 Å². The van der Waals surface area contributed by atoms with Crippen LogP contribution in [-0.2, 0) is 19.2 Å². The molecule has 1 saturated heterocycles. The fourth-order valence-corrected chi connectivity index (χ4v) is 5.63. The van der Waals surface area contributed by atoms with E-state index in [4.69, 9.17) is 0 Å². The lowest BCUT2D eigenvalue weighted by Crippen LogP contribution is -2.59. The molecular formula is C28H49N4O8-3. The smallest absolute Gasteiger partial charge is 0.320 e. The number of hydrogen-bond donors (Lipinski definition) is 1. The van der Waals surface area contributed by atoms with Gasteiger partial charge < -0.3 is 34.8 Å². The molecule has 1 heterocycles. The molecule has 1 N–H and O–H groups in total. The zero-order valence-corrected chi connectivity index (χ0v) is 24.7. The highest BCUT2D eigenvalue weighted by Gasteiger charge is 2.30. The van der Waals surface area contributed by atoms with Crippen LogP contribution in [0, 0.1) is 0 Å². The summed E-state index contributed by atoms with van der Waals surface area (Å²) in [5, 5.41) is 46.3. The van der Waals surface area contributed by atoms with Crippen molar-refractivity contribution in [1.29, 1.82) is 0 Å². The van der Waals surface area contributed by atoms with Gasteiger partial charge in [0.05, 0.1) is 17.9 Å². The molecule has 0 aromatic rings. The lowest BCUT2D eigenvalue weighted by molar-refractivity contribution is -0.314. The van der Waals surface area contributed by atoms with Gasteiger partial charge in [0.2, 0.25) is 0 Å². The molecule has 4 atom stereocenters. The molecule has 0 aromatic heterocycles. The van der Waals surface area contributed by atoms with Crippen molar-refractivity contribution >= 4 is 23.9 Å². The molecule has 0 amide bonds.